The van der Waals surface area contributed by atoms with Gasteiger partial charge in [-0.05, 0) is 24.7 Å². The number of hydrogen-bond donors (Lipinski definition) is 1. The molecule has 0 heterocycles. The monoisotopic (exact) mass is 296 g/mol. The van der Waals surface area contributed by atoms with Gasteiger partial charge in [0.05, 0.1) is 6.54 Å². The van der Waals surface area contributed by atoms with Crippen molar-refractivity contribution in [1.29, 1.82) is 0 Å². The topological polar surface area (TPSA) is 29.3 Å². The van der Waals surface area contributed by atoms with E-state index in [1.165, 1.54) is 11.9 Å². The first-order valence-electron chi connectivity index (χ1n) is 4.57. The van der Waals surface area contributed by atoms with Crippen LogP contribution in [-0.2, 0) is 6.54 Å². The van der Waals surface area contributed by atoms with Crippen LogP contribution in [-0.4, -0.2) is 24.7 Å². The van der Waals surface area contributed by atoms with Gasteiger partial charge in [0.15, 0.2) is 0 Å². The van der Waals surface area contributed by atoms with Gasteiger partial charge in [0.25, 0.3) is 0 Å². The van der Waals surface area contributed by atoms with E-state index >= 15 is 0 Å². The van der Waals surface area contributed by atoms with Crippen LogP contribution in [0, 0.1) is 0 Å². The van der Waals surface area contributed by atoms with E-state index in [1.807, 2.05) is 0 Å². The maximum Gasteiger partial charge on any atom is 0.401 e. The molecule has 0 aliphatic carbocycles. The molecule has 1 rings (SSSR count). The Morgan fingerprint density at radius 2 is 2.00 bits per heavy atom. The van der Waals surface area contributed by atoms with Crippen molar-refractivity contribution in [3.63, 3.8) is 0 Å². The van der Waals surface area contributed by atoms with Crippen LogP contribution in [0.25, 0.3) is 0 Å². The first-order valence-corrected chi connectivity index (χ1v) is 5.36. The molecule has 0 saturated heterocycles. The molecule has 16 heavy (non-hydrogen) atoms. The Kier molecular flexibility index (Phi) is 4.21. The maximum absolute atomic E-state index is 12.1. The number of anilines is 1. The highest BCUT2D eigenvalue weighted by molar-refractivity contribution is 9.10. The van der Waals surface area contributed by atoms with Crippen molar-refractivity contribution >= 4 is 21.6 Å². The number of alkyl halides is 3. The molecule has 0 aliphatic rings. The van der Waals surface area contributed by atoms with Crippen LogP contribution < -0.4 is 5.73 Å². The summed E-state index contributed by atoms with van der Waals surface area (Å²) in [4.78, 5) is 1.18. The molecular formula is C10H12BrF3N2. The molecule has 1 aromatic rings. The minimum absolute atomic E-state index is 0.179. The second kappa shape index (κ2) is 5.05. The zero-order chi connectivity index (χ0) is 12.3. The molecule has 0 amide bonds. The molecule has 0 bridgehead atoms. The summed E-state index contributed by atoms with van der Waals surface area (Å²) in [6, 6.07) is 5.15. The maximum atomic E-state index is 12.1. The predicted octanol–water partition coefficient (Wildman–Crippen LogP) is 3.03. The molecule has 0 aromatic heterocycles. The van der Waals surface area contributed by atoms with E-state index in [0.29, 0.717) is 11.3 Å². The minimum Gasteiger partial charge on any atom is -0.398 e. The zero-order valence-electron chi connectivity index (χ0n) is 8.68. The highest BCUT2D eigenvalue weighted by atomic mass is 79.9. The third-order valence-corrected chi connectivity index (χ3v) is 2.49. The number of nitrogens with two attached hydrogens (primary N) is 1. The van der Waals surface area contributed by atoms with Crippen molar-refractivity contribution in [1.82, 2.24) is 4.90 Å². The fourth-order valence-electron chi connectivity index (χ4n) is 1.36. The van der Waals surface area contributed by atoms with Crippen molar-refractivity contribution in [3.8, 4) is 0 Å². The first kappa shape index (κ1) is 13.3. The number of halogens is 4. The molecule has 0 fully saturated rings. The first-order chi connectivity index (χ1) is 7.28. The van der Waals surface area contributed by atoms with E-state index in [9.17, 15) is 13.2 Å². The van der Waals surface area contributed by atoms with E-state index in [1.54, 1.807) is 18.2 Å². The lowest BCUT2D eigenvalue weighted by molar-refractivity contribution is -0.144. The summed E-state index contributed by atoms with van der Waals surface area (Å²) in [6.45, 7) is -0.763. The van der Waals surface area contributed by atoms with Gasteiger partial charge < -0.3 is 5.73 Å². The van der Waals surface area contributed by atoms with E-state index in [2.05, 4.69) is 15.9 Å². The summed E-state index contributed by atoms with van der Waals surface area (Å²) in [5, 5.41) is 0. The molecular weight excluding hydrogens is 285 g/mol. The van der Waals surface area contributed by atoms with Gasteiger partial charge in [-0.25, -0.2) is 0 Å². The van der Waals surface area contributed by atoms with Crippen LogP contribution in [0.15, 0.2) is 22.7 Å². The normalized spacial score (nSPS) is 12.1. The van der Waals surface area contributed by atoms with Gasteiger partial charge in [-0.1, -0.05) is 22.0 Å². The molecule has 0 saturated carbocycles. The second-order valence-corrected chi connectivity index (χ2v) is 4.55. The number of rotatable bonds is 3. The number of hydrogen-bond acceptors (Lipinski definition) is 2. The van der Waals surface area contributed by atoms with Crippen molar-refractivity contribution in [3.05, 3.63) is 28.2 Å². The molecule has 0 radical (unpaired) electrons. The molecule has 2 nitrogen and oxygen atoms in total. The lowest BCUT2D eigenvalue weighted by Gasteiger charge is -2.19. The second-order valence-electron chi connectivity index (χ2n) is 3.63. The largest absolute Gasteiger partial charge is 0.401 e. The van der Waals surface area contributed by atoms with E-state index in [4.69, 9.17) is 5.73 Å². The molecule has 6 heteroatoms. The van der Waals surface area contributed by atoms with Gasteiger partial charge in [-0.3, -0.25) is 4.90 Å². The van der Waals surface area contributed by atoms with Crippen LogP contribution >= 0.6 is 15.9 Å². The van der Waals surface area contributed by atoms with Gasteiger partial charge in [0.2, 0.25) is 0 Å². The Balaban J connectivity index is 2.66. The molecule has 1 aromatic carbocycles. The Morgan fingerprint density at radius 1 is 1.38 bits per heavy atom. The summed E-state index contributed by atoms with van der Waals surface area (Å²) < 4.78 is 37.1. The number of benzene rings is 1. The van der Waals surface area contributed by atoms with E-state index in [0.717, 1.165) is 4.47 Å². The summed E-state index contributed by atoms with van der Waals surface area (Å²) in [5.74, 6) is 0. The van der Waals surface area contributed by atoms with Gasteiger partial charge >= 0.3 is 6.18 Å². The van der Waals surface area contributed by atoms with Crippen LogP contribution in [0.2, 0.25) is 0 Å². The Bertz CT molecular complexity index is 366. The summed E-state index contributed by atoms with van der Waals surface area (Å²) in [5.41, 5.74) is 6.87. The highest BCUT2D eigenvalue weighted by Crippen LogP contribution is 2.21. The van der Waals surface area contributed by atoms with Gasteiger partial charge in [-0.2, -0.15) is 13.2 Å². The standard InChI is InChI=1S/C10H12BrF3N2/c1-16(6-10(12,13)14)5-7-2-3-8(11)4-9(7)15/h2-4H,5-6,15H2,1H3. The van der Waals surface area contributed by atoms with E-state index < -0.39 is 12.7 Å². The third-order valence-electron chi connectivity index (χ3n) is 2.00. The lowest BCUT2D eigenvalue weighted by atomic mass is 10.2. The number of nitrogen functional groups attached to an aromatic ring is 1. The van der Waals surface area contributed by atoms with Gasteiger partial charge in [0, 0.05) is 16.7 Å². The van der Waals surface area contributed by atoms with Crippen molar-refractivity contribution in [2.24, 2.45) is 0 Å². The Hall–Kier alpha value is -0.750. The fraction of sp³-hybridized carbons (Fsp3) is 0.400. The summed E-state index contributed by atoms with van der Waals surface area (Å²) >= 11 is 3.24. The smallest absolute Gasteiger partial charge is 0.398 e. The fourth-order valence-corrected chi connectivity index (χ4v) is 1.74. The number of nitrogens with zero attached hydrogens (tertiary/aromatic N) is 1. The highest BCUT2D eigenvalue weighted by Gasteiger charge is 2.29. The lowest BCUT2D eigenvalue weighted by Crippen LogP contribution is -2.30. The molecule has 0 aliphatic heterocycles. The van der Waals surface area contributed by atoms with Crippen LogP contribution in [0.3, 0.4) is 0 Å². The third kappa shape index (κ3) is 4.40. The summed E-state index contributed by atoms with van der Waals surface area (Å²) in [6.07, 6.45) is -4.18. The van der Waals surface area contributed by atoms with Crippen LogP contribution in [0.1, 0.15) is 5.56 Å². The van der Waals surface area contributed by atoms with Gasteiger partial charge in [-0.15, -0.1) is 0 Å². The van der Waals surface area contributed by atoms with Crippen LogP contribution in [0.5, 0.6) is 0 Å². The molecule has 0 spiro atoms. The van der Waals surface area contributed by atoms with Crippen LogP contribution in [0.4, 0.5) is 18.9 Å². The molecule has 2 N–H and O–H groups in total. The Morgan fingerprint density at radius 3 is 2.50 bits per heavy atom. The zero-order valence-corrected chi connectivity index (χ0v) is 10.3. The predicted molar refractivity (Wildman–Crippen MR) is 60.9 cm³/mol. The van der Waals surface area contributed by atoms with Gasteiger partial charge in [0.1, 0.15) is 0 Å². The average Bonchev–Trinajstić information content (AvgIpc) is 2.06. The van der Waals surface area contributed by atoms with E-state index in [-0.39, 0.29) is 6.54 Å². The van der Waals surface area contributed by atoms with Crippen molar-refractivity contribution in [2.75, 3.05) is 19.3 Å². The molecule has 0 atom stereocenters. The molecule has 0 unspecified atom stereocenters. The van der Waals surface area contributed by atoms with Crippen molar-refractivity contribution < 1.29 is 13.2 Å². The Labute approximate surface area is 100 Å². The minimum atomic E-state index is -4.18. The SMILES string of the molecule is CN(Cc1ccc(Br)cc1N)CC(F)(F)F. The quantitative estimate of drug-likeness (QED) is 0.869. The summed E-state index contributed by atoms with van der Waals surface area (Å²) in [7, 11) is 1.41. The average molecular weight is 297 g/mol. The van der Waals surface area contributed by atoms with Crippen molar-refractivity contribution in [2.45, 2.75) is 12.7 Å². The molecule has 90 valence electrons.